The number of H-pyrrole nitrogens is 1. The number of rotatable bonds is 7. The normalized spacial score (nSPS) is 15.6. The Balaban J connectivity index is 1.27. The van der Waals surface area contributed by atoms with Gasteiger partial charge in [0.1, 0.15) is 30.3 Å². The number of hydrogen-bond donors (Lipinski definition) is 2. The summed E-state index contributed by atoms with van der Waals surface area (Å²) >= 11 is 12.3. The van der Waals surface area contributed by atoms with E-state index in [0.717, 1.165) is 27.7 Å². The molecule has 0 saturated heterocycles. The Kier molecular flexibility index (Phi) is 7.38. The van der Waals surface area contributed by atoms with Crippen LogP contribution in [-0.4, -0.2) is 49.9 Å². The molecule has 3 aromatic carbocycles. The second-order valence-electron chi connectivity index (χ2n) is 9.67. The Labute approximate surface area is 240 Å². The van der Waals surface area contributed by atoms with Crippen molar-refractivity contribution in [2.45, 2.75) is 25.1 Å². The molecule has 0 spiro atoms. The number of carbonyl (C=O) groups excluding carboxylic acids is 1. The van der Waals surface area contributed by atoms with Crippen molar-refractivity contribution in [3.05, 3.63) is 112 Å². The molecule has 3 heterocycles. The van der Waals surface area contributed by atoms with Gasteiger partial charge in [0.05, 0.1) is 12.9 Å². The molecular weight excluding hydrogens is 551 g/mol. The SMILES string of the molecule is O=C(Oc1ccc(Cl)cc1)N1CCc2c([nH]c3ccc(Cl)cc23)C1c1ccc(OCC(O)Cn2ccnc2)cc1. The lowest BCUT2D eigenvalue weighted by atomic mass is 9.92. The molecular formula is C30H26Cl2N4O4. The van der Waals surface area contributed by atoms with Crippen molar-refractivity contribution in [1.82, 2.24) is 19.4 Å². The molecule has 1 aliphatic heterocycles. The molecule has 40 heavy (non-hydrogen) atoms. The van der Waals surface area contributed by atoms with Crippen molar-refractivity contribution in [2.24, 2.45) is 0 Å². The number of aliphatic hydroxyl groups is 1. The van der Waals surface area contributed by atoms with Crippen LogP contribution in [0.15, 0.2) is 85.5 Å². The average Bonchev–Trinajstić information content (AvgIpc) is 3.60. The van der Waals surface area contributed by atoms with Gasteiger partial charge in [-0.1, -0.05) is 35.3 Å². The second-order valence-corrected chi connectivity index (χ2v) is 10.5. The molecule has 2 N–H and O–H groups in total. The Morgan fingerprint density at radius 2 is 1.80 bits per heavy atom. The third-order valence-electron chi connectivity index (χ3n) is 6.96. The monoisotopic (exact) mass is 576 g/mol. The van der Waals surface area contributed by atoms with Crippen LogP contribution in [0.3, 0.4) is 0 Å². The van der Waals surface area contributed by atoms with E-state index in [1.165, 1.54) is 0 Å². The van der Waals surface area contributed by atoms with Crippen molar-refractivity contribution >= 4 is 40.2 Å². The number of aromatic amines is 1. The zero-order valence-electron chi connectivity index (χ0n) is 21.3. The number of nitrogens with one attached hydrogen (secondary N) is 1. The summed E-state index contributed by atoms with van der Waals surface area (Å²) in [5.41, 5.74) is 3.89. The van der Waals surface area contributed by atoms with E-state index < -0.39 is 18.2 Å². The maximum absolute atomic E-state index is 13.5. The van der Waals surface area contributed by atoms with Crippen LogP contribution in [0.5, 0.6) is 11.5 Å². The maximum atomic E-state index is 13.5. The predicted octanol–water partition coefficient (Wildman–Crippen LogP) is 6.26. The first-order valence-corrected chi connectivity index (χ1v) is 13.6. The van der Waals surface area contributed by atoms with E-state index >= 15 is 0 Å². The van der Waals surface area contributed by atoms with E-state index in [0.29, 0.717) is 41.1 Å². The van der Waals surface area contributed by atoms with E-state index in [2.05, 4.69) is 9.97 Å². The molecule has 0 fully saturated rings. The number of ether oxygens (including phenoxy) is 2. The molecule has 5 aromatic rings. The summed E-state index contributed by atoms with van der Waals surface area (Å²) in [7, 11) is 0. The molecule has 10 heteroatoms. The van der Waals surface area contributed by atoms with Gasteiger partial charge in [-0.3, -0.25) is 4.90 Å². The summed E-state index contributed by atoms with van der Waals surface area (Å²) in [6, 6.07) is 19.6. The fraction of sp³-hybridized carbons (Fsp3) is 0.200. The highest BCUT2D eigenvalue weighted by Crippen LogP contribution is 2.40. The first kappa shape index (κ1) is 26.3. The Morgan fingerprint density at radius 1 is 1.05 bits per heavy atom. The van der Waals surface area contributed by atoms with Crippen LogP contribution in [0.2, 0.25) is 10.0 Å². The topological polar surface area (TPSA) is 92.6 Å². The number of halogens is 2. The molecule has 1 amide bonds. The predicted molar refractivity (Wildman–Crippen MR) is 153 cm³/mol. The van der Waals surface area contributed by atoms with Crippen LogP contribution in [0.1, 0.15) is 22.9 Å². The molecule has 204 valence electrons. The van der Waals surface area contributed by atoms with Crippen LogP contribution in [0.4, 0.5) is 4.79 Å². The van der Waals surface area contributed by atoms with E-state index in [4.69, 9.17) is 32.7 Å². The summed E-state index contributed by atoms with van der Waals surface area (Å²) in [5, 5.41) is 12.6. The molecule has 0 bridgehead atoms. The number of amides is 1. The number of benzene rings is 3. The van der Waals surface area contributed by atoms with Gasteiger partial charge in [0.25, 0.3) is 0 Å². The van der Waals surface area contributed by atoms with Gasteiger partial charge in [-0.2, -0.15) is 0 Å². The zero-order chi connectivity index (χ0) is 27.6. The molecule has 0 saturated carbocycles. The smallest absolute Gasteiger partial charge is 0.416 e. The largest absolute Gasteiger partial charge is 0.491 e. The number of aromatic nitrogens is 3. The number of hydrogen-bond acceptors (Lipinski definition) is 5. The lowest BCUT2D eigenvalue weighted by Gasteiger charge is -2.35. The Bertz CT molecular complexity index is 1620. The summed E-state index contributed by atoms with van der Waals surface area (Å²) in [6.45, 7) is 0.980. The summed E-state index contributed by atoms with van der Waals surface area (Å²) in [4.78, 5) is 22.7. The van der Waals surface area contributed by atoms with Crippen molar-refractivity contribution in [1.29, 1.82) is 0 Å². The fourth-order valence-corrected chi connectivity index (χ4v) is 5.39. The van der Waals surface area contributed by atoms with Gasteiger partial charge in [0, 0.05) is 45.6 Å². The third-order valence-corrected chi connectivity index (χ3v) is 7.45. The minimum Gasteiger partial charge on any atom is -0.491 e. The van der Waals surface area contributed by atoms with Crippen molar-refractivity contribution in [2.75, 3.05) is 13.2 Å². The zero-order valence-corrected chi connectivity index (χ0v) is 22.8. The van der Waals surface area contributed by atoms with E-state index in [9.17, 15) is 9.90 Å². The summed E-state index contributed by atoms with van der Waals surface area (Å²) in [5.74, 6) is 1.03. The first-order valence-electron chi connectivity index (χ1n) is 12.8. The number of nitrogens with zero attached hydrogens (tertiary/aromatic N) is 3. The van der Waals surface area contributed by atoms with Gasteiger partial charge in [0.15, 0.2) is 0 Å². The molecule has 0 aliphatic carbocycles. The van der Waals surface area contributed by atoms with Gasteiger partial charge in [0.2, 0.25) is 0 Å². The minimum atomic E-state index is -0.689. The average molecular weight is 577 g/mol. The van der Waals surface area contributed by atoms with E-state index in [1.807, 2.05) is 42.5 Å². The first-order chi connectivity index (χ1) is 19.4. The molecule has 1 aliphatic rings. The van der Waals surface area contributed by atoms with E-state index in [-0.39, 0.29) is 6.61 Å². The Morgan fingerprint density at radius 3 is 2.55 bits per heavy atom. The van der Waals surface area contributed by atoms with Gasteiger partial charge < -0.3 is 24.1 Å². The van der Waals surface area contributed by atoms with Crippen molar-refractivity contribution in [3.8, 4) is 11.5 Å². The molecule has 0 radical (unpaired) electrons. The fourth-order valence-electron chi connectivity index (χ4n) is 5.10. The maximum Gasteiger partial charge on any atom is 0.416 e. The number of carbonyl (C=O) groups is 1. The third kappa shape index (κ3) is 5.51. The quantitative estimate of drug-likeness (QED) is 0.238. The highest BCUT2D eigenvalue weighted by molar-refractivity contribution is 6.31. The molecule has 8 nitrogen and oxygen atoms in total. The van der Waals surface area contributed by atoms with Gasteiger partial charge in [-0.05, 0) is 72.1 Å². The lowest BCUT2D eigenvalue weighted by molar-refractivity contribution is 0.0924. The van der Waals surface area contributed by atoms with E-state index in [1.54, 1.807) is 52.5 Å². The molecule has 2 unspecified atom stereocenters. The van der Waals surface area contributed by atoms with Gasteiger partial charge in [-0.25, -0.2) is 9.78 Å². The van der Waals surface area contributed by atoms with Gasteiger partial charge in [-0.15, -0.1) is 0 Å². The number of aliphatic hydroxyl groups excluding tert-OH is 1. The molecule has 2 atom stereocenters. The number of imidazole rings is 1. The van der Waals surface area contributed by atoms with Crippen LogP contribution in [0, 0.1) is 0 Å². The van der Waals surface area contributed by atoms with Crippen LogP contribution in [0.25, 0.3) is 10.9 Å². The molecule has 2 aromatic heterocycles. The van der Waals surface area contributed by atoms with Crippen molar-refractivity contribution < 1.29 is 19.4 Å². The Hall–Kier alpha value is -3.98. The lowest BCUT2D eigenvalue weighted by Crippen LogP contribution is -2.42. The van der Waals surface area contributed by atoms with Crippen molar-refractivity contribution in [3.63, 3.8) is 0 Å². The molecule has 6 rings (SSSR count). The highest BCUT2D eigenvalue weighted by atomic mass is 35.5. The number of fused-ring (bicyclic) bond motifs is 3. The van der Waals surface area contributed by atoms with Gasteiger partial charge >= 0.3 is 6.09 Å². The standard InChI is InChI=1S/C30H26Cl2N4O4/c31-20-3-8-24(9-4-20)40-30(38)36-13-11-25-26-15-21(32)5-10-27(26)34-28(25)29(36)19-1-6-23(7-2-19)39-17-22(37)16-35-14-12-33-18-35/h1-10,12,14-15,18,22,29,34,37H,11,13,16-17H2. The summed E-state index contributed by atoms with van der Waals surface area (Å²) < 4.78 is 13.4. The second kappa shape index (κ2) is 11.3. The van der Waals surface area contributed by atoms with Crippen LogP contribution >= 0.6 is 23.2 Å². The highest BCUT2D eigenvalue weighted by Gasteiger charge is 2.35. The van der Waals surface area contributed by atoms with Crippen LogP contribution in [-0.2, 0) is 13.0 Å². The minimum absolute atomic E-state index is 0.132. The van der Waals surface area contributed by atoms with Crippen LogP contribution < -0.4 is 9.47 Å². The summed E-state index contributed by atoms with van der Waals surface area (Å²) in [6.07, 6.45) is 4.61.